The fraction of sp³-hybridized carbons (Fsp3) is 0.421. The van der Waals surface area contributed by atoms with Crippen LogP contribution in [0.2, 0.25) is 5.02 Å². The van der Waals surface area contributed by atoms with Crippen LogP contribution in [0.4, 0.5) is 0 Å². The maximum atomic E-state index is 12.3. The third-order valence-corrected chi connectivity index (χ3v) is 3.60. The average molecular weight is 376 g/mol. The Labute approximate surface area is 159 Å². The molecule has 0 N–H and O–H groups in total. The van der Waals surface area contributed by atoms with E-state index in [1.54, 1.807) is 18.2 Å². The van der Waals surface area contributed by atoms with Crippen molar-refractivity contribution in [3.8, 4) is 23.6 Å². The van der Waals surface area contributed by atoms with E-state index in [1.165, 1.54) is 18.1 Å². The Morgan fingerprint density at radius 2 is 1.88 bits per heavy atom. The summed E-state index contributed by atoms with van der Waals surface area (Å²) in [6.45, 7) is 4.35. The quantitative estimate of drug-likeness (QED) is 0.612. The molecule has 0 saturated heterocycles. The first kappa shape index (κ1) is 21.3. The SMILES string of the molecule is COc1cc(/C=C\C(=O)N(CCC#N)CCC#N)cc(Cl)c1OC(C)C. The lowest BCUT2D eigenvalue weighted by Gasteiger charge is -2.18. The van der Waals surface area contributed by atoms with Gasteiger partial charge in [-0.2, -0.15) is 10.5 Å². The van der Waals surface area contributed by atoms with Gasteiger partial charge < -0.3 is 14.4 Å². The monoisotopic (exact) mass is 375 g/mol. The van der Waals surface area contributed by atoms with Crippen LogP contribution in [0, 0.1) is 22.7 Å². The first-order valence-corrected chi connectivity index (χ1v) is 8.55. The van der Waals surface area contributed by atoms with E-state index >= 15 is 0 Å². The highest BCUT2D eigenvalue weighted by molar-refractivity contribution is 6.32. The van der Waals surface area contributed by atoms with Crippen LogP contribution in [0.3, 0.4) is 0 Å². The molecule has 1 aromatic carbocycles. The van der Waals surface area contributed by atoms with Crippen LogP contribution >= 0.6 is 11.6 Å². The molecule has 138 valence electrons. The van der Waals surface area contributed by atoms with E-state index in [0.29, 0.717) is 22.1 Å². The number of halogens is 1. The molecule has 0 spiro atoms. The lowest BCUT2D eigenvalue weighted by molar-refractivity contribution is -0.125. The summed E-state index contributed by atoms with van der Waals surface area (Å²) < 4.78 is 11.0. The van der Waals surface area contributed by atoms with Crippen LogP contribution in [0.25, 0.3) is 6.08 Å². The van der Waals surface area contributed by atoms with Crippen molar-refractivity contribution in [1.82, 2.24) is 4.90 Å². The molecule has 0 unspecified atom stereocenters. The summed E-state index contributed by atoms with van der Waals surface area (Å²) in [5, 5.41) is 17.8. The van der Waals surface area contributed by atoms with Crippen molar-refractivity contribution in [3.05, 3.63) is 28.8 Å². The fourth-order valence-electron chi connectivity index (χ4n) is 2.16. The Bertz CT molecular complexity index is 715. The Hall–Kier alpha value is -2.70. The number of nitriles is 2. The Morgan fingerprint density at radius 1 is 1.27 bits per heavy atom. The van der Waals surface area contributed by atoms with Gasteiger partial charge in [-0.3, -0.25) is 4.79 Å². The zero-order valence-corrected chi connectivity index (χ0v) is 15.9. The zero-order valence-electron chi connectivity index (χ0n) is 15.2. The third kappa shape index (κ3) is 6.66. The molecule has 0 aliphatic carbocycles. The fourth-order valence-corrected chi connectivity index (χ4v) is 2.42. The van der Waals surface area contributed by atoms with Crippen molar-refractivity contribution in [2.45, 2.75) is 32.8 Å². The van der Waals surface area contributed by atoms with E-state index in [4.69, 9.17) is 31.6 Å². The van der Waals surface area contributed by atoms with Crippen LogP contribution in [-0.2, 0) is 4.79 Å². The third-order valence-electron chi connectivity index (χ3n) is 3.32. The van der Waals surface area contributed by atoms with Crippen molar-refractivity contribution in [2.75, 3.05) is 20.2 Å². The normalized spacial score (nSPS) is 10.4. The van der Waals surface area contributed by atoms with Gasteiger partial charge in [0.05, 0.1) is 43.2 Å². The van der Waals surface area contributed by atoms with E-state index in [-0.39, 0.29) is 37.9 Å². The lowest BCUT2D eigenvalue weighted by Crippen LogP contribution is -2.31. The Kier molecular flexibility index (Phi) is 9.05. The zero-order chi connectivity index (χ0) is 19.5. The minimum absolute atomic E-state index is 0.0572. The van der Waals surface area contributed by atoms with Gasteiger partial charge in [-0.25, -0.2) is 0 Å². The summed E-state index contributed by atoms with van der Waals surface area (Å²) in [4.78, 5) is 13.8. The Morgan fingerprint density at radius 3 is 2.38 bits per heavy atom. The molecular formula is C19H22ClN3O3. The highest BCUT2D eigenvalue weighted by atomic mass is 35.5. The summed E-state index contributed by atoms with van der Waals surface area (Å²) in [5.74, 6) is 0.662. The number of carbonyl (C=O) groups is 1. The molecule has 0 radical (unpaired) electrons. The van der Waals surface area contributed by atoms with Crippen molar-refractivity contribution >= 4 is 23.6 Å². The van der Waals surface area contributed by atoms with Crippen LogP contribution in [0.1, 0.15) is 32.3 Å². The smallest absolute Gasteiger partial charge is 0.246 e. The van der Waals surface area contributed by atoms with Gasteiger partial charge in [0.1, 0.15) is 0 Å². The first-order chi connectivity index (χ1) is 12.4. The molecule has 1 aromatic rings. The average Bonchev–Trinajstić information content (AvgIpc) is 2.61. The number of nitrogens with zero attached hydrogens (tertiary/aromatic N) is 3. The second-order valence-electron chi connectivity index (χ2n) is 5.68. The number of carbonyl (C=O) groups excluding carboxylic acids is 1. The molecule has 0 aliphatic rings. The molecule has 0 aliphatic heterocycles. The van der Waals surface area contributed by atoms with E-state index in [9.17, 15) is 4.79 Å². The standard InChI is InChI=1S/C19H22ClN3O3/c1-14(2)26-19-16(20)12-15(13-17(19)25-3)6-7-18(24)23(10-4-8-21)11-5-9-22/h6-7,12-14H,4-5,10-11H2,1-3H3/b7-6-. The number of benzene rings is 1. The minimum atomic E-state index is -0.270. The summed E-state index contributed by atoms with van der Waals surface area (Å²) in [6.07, 6.45) is 3.38. The highest BCUT2D eigenvalue weighted by Crippen LogP contribution is 2.37. The molecule has 26 heavy (non-hydrogen) atoms. The van der Waals surface area contributed by atoms with Gasteiger partial charge in [0.15, 0.2) is 11.5 Å². The maximum absolute atomic E-state index is 12.3. The number of ether oxygens (including phenoxy) is 2. The summed E-state index contributed by atoms with van der Waals surface area (Å²) in [5.41, 5.74) is 0.678. The molecular weight excluding hydrogens is 354 g/mol. The molecule has 0 atom stereocenters. The van der Waals surface area contributed by atoms with Gasteiger partial charge >= 0.3 is 0 Å². The second-order valence-corrected chi connectivity index (χ2v) is 6.08. The molecule has 7 heteroatoms. The van der Waals surface area contributed by atoms with E-state index in [1.807, 2.05) is 26.0 Å². The number of methoxy groups -OCH3 is 1. The number of hydrogen-bond acceptors (Lipinski definition) is 5. The number of amides is 1. The van der Waals surface area contributed by atoms with Crippen molar-refractivity contribution in [2.24, 2.45) is 0 Å². The van der Waals surface area contributed by atoms with Gasteiger partial charge in [0.2, 0.25) is 5.91 Å². The van der Waals surface area contributed by atoms with E-state index in [0.717, 1.165) is 0 Å². The second kappa shape index (κ2) is 11.0. The highest BCUT2D eigenvalue weighted by Gasteiger charge is 2.14. The van der Waals surface area contributed by atoms with Gasteiger partial charge in [-0.05, 0) is 37.6 Å². The Balaban J connectivity index is 2.98. The largest absolute Gasteiger partial charge is 0.493 e. The number of hydrogen-bond donors (Lipinski definition) is 0. The first-order valence-electron chi connectivity index (χ1n) is 8.18. The topological polar surface area (TPSA) is 86.4 Å². The maximum Gasteiger partial charge on any atom is 0.246 e. The van der Waals surface area contributed by atoms with E-state index < -0.39 is 0 Å². The van der Waals surface area contributed by atoms with Crippen LogP contribution in [0.15, 0.2) is 18.2 Å². The van der Waals surface area contributed by atoms with Gasteiger partial charge in [0.25, 0.3) is 0 Å². The number of rotatable bonds is 9. The molecule has 0 bridgehead atoms. The van der Waals surface area contributed by atoms with Crippen molar-refractivity contribution in [1.29, 1.82) is 10.5 Å². The summed E-state index contributed by atoms with van der Waals surface area (Å²) >= 11 is 6.27. The minimum Gasteiger partial charge on any atom is -0.493 e. The van der Waals surface area contributed by atoms with Crippen molar-refractivity contribution in [3.63, 3.8) is 0 Å². The molecule has 0 heterocycles. The molecule has 0 aromatic heterocycles. The molecule has 1 amide bonds. The molecule has 0 saturated carbocycles. The van der Waals surface area contributed by atoms with Gasteiger partial charge in [0, 0.05) is 19.2 Å². The van der Waals surface area contributed by atoms with E-state index in [2.05, 4.69) is 0 Å². The predicted octanol–water partition coefficient (Wildman–Crippen LogP) is 3.80. The van der Waals surface area contributed by atoms with Gasteiger partial charge in [-0.15, -0.1) is 0 Å². The van der Waals surface area contributed by atoms with Crippen LogP contribution < -0.4 is 9.47 Å². The molecule has 0 fully saturated rings. The molecule has 6 nitrogen and oxygen atoms in total. The van der Waals surface area contributed by atoms with Gasteiger partial charge in [-0.1, -0.05) is 11.6 Å². The molecule has 1 rings (SSSR count). The predicted molar refractivity (Wildman–Crippen MR) is 99.8 cm³/mol. The van der Waals surface area contributed by atoms with Crippen LogP contribution in [-0.4, -0.2) is 37.1 Å². The summed E-state index contributed by atoms with van der Waals surface area (Å²) in [6, 6.07) is 7.40. The van der Waals surface area contributed by atoms with Crippen LogP contribution in [0.5, 0.6) is 11.5 Å². The summed E-state index contributed by atoms with van der Waals surface area (Å²) in [7, 11) is 1.52. The lowest BCUT2D eigenvalue weighted by atomic mass is 10.1. The van der Waals surface area contributed by atoms with Crippen molar-refractivity contribution < 1.29 is 14.3 Å².